The molecule has 2 heteroatoms. The lowest BCUT2D eigenvalue weighted by molar-refractivity contribution is -0.118. The van der Waals surface area contributed by atoms with Crippen molar-refractivity contribution in [1.29, 1.82) is 0 Å². The number of methoxy groups -OCH3 is 1. The lowest BCUT2D eigenvalue weighted by Gasteiger charge is -2.57. The van der Waals surface area contributed by atoms with E-state index in [1.807, 2.05) is 7.11 Å². The second kappa shape index (κ2) is 4.93. The molecule has 4 rings (SSSR count). The predicted octanol–water partition coefficient (Wildman–Crippen LogP) is 4.53. The standard InChI is InChI=1S/C20H30O2/c1-19-8-7-17-16(18(19)11-14(21)12-19)5-4-13-10-15(22-3)6-9-20(13,17)2/h4,15-18H,5-12H2,1-3H3/t15-,16+,17-,18-,19+,20-/m0/s1. The van der Waals surface area contributed by atoms with Crippen molar-refractivity contribution in [3.8, 4) is 0 Å². The fraction of sp³-hybridized carbons (Fsp3) is 0.850. The first-order valence-electron chi connectivity index (χ1n) is 9.20. The van der Waals surface area contributed by atoms with Crippen LogP contribution in [0.3, 0.4) is 0 Å². The maximum atomic E-state index is 12.1. The fourth-order valence-corrected chi connectivity index (χ4v) is 6.61. The maximum Gasteiger partial charge on any atom is 0.133 e. The van der Waals surface area contributed by atoms with E-state index in [0.717, 1.165) is 31.1 Å². The van der Waals surface area contributed by atoms with Crippen LogP contribution in [0.25, 0.3) is 0 Å². The molecule has 0 aromatic heterocycles. The Hall–Kier alpha value is -0.630. The van der Waals surface area contributed by atoms with Gasteiger partial charge in [-0.15, -0.1) is 0 Å². The van der Waals surface area contributed by atoms with E-state index in [1.165, 1.54) is 32.1 Å². The monoisotopic (exact) mass is 302 g/mol. The van der Waals surface area contributed by atoms with Gasteiger partial charge in [0, 0.05) is 20.0 Å². The van der Waals surface area contributed by atoms with Crippen LogP contribution in [0.1, 0.15) is 65.2 Å². The minimum atomic E-state index is 0.309. The molecule has 4 aliphatic rings. The van der Waals surface area contributed by atoms with Crippen LogP contribution < -0.4 is 0 Å². The van der Waals surface area contributed by atoms with Crippen molar-refractivity contribution in [2.24, 2.45) is 28.6 Å². The molecule has 0 N–H and O–H groups in total. The zero-order valence-electron chi connectivity index (χ0n) is 14.4. The Kier molecular flexibility index (Phi) is 3.35. The van der Waals surface area contributed by atoms with Gasteiger partial charge in [0.05, 0.1) is 6.10 Å². The van der Waals surface area contributed by atoms with Crippen LogP contribution in [0.15, 0.2) is 11.6 Å². The van der Waals surface area contributed by atoms with Gasteiger partial charge in [0.1, 0.15) is 5.78 Å². The van der Waals surface area contributed by atoms with Crippen molar-refractivity contribution < 1.29 is 9.53 Å². The number of hydrogen-bond donors (Lipinski definition) is 0. The van der Waals surface area contributed by atoms with Crippen molar-refractivity contribution in [3.05, 3.63) is 11.6 Å². The molecule has 0 aromatic carbocycles. The highest BCUT2D eigenvalue weighted by Gasteiger charge is 2.57. The summed E-state index contributed by atoms with van der Waals surface area (Å²) in [6.45, 7) is 4.91. The predicted molar refractivity (Wildman–Crippen MR) is 87.5 cm³/mol. The molecule has 22 heavy (non-hydrogen) atoms. The molecule has 0 spiro atoms. The molecular weight excluding hydrogens is 272 g/mol. The molecule has 122 valence electrons. The number of allylic oxidation sites excluding steroid dienone is 1. The third-order valence-electron chi connectivity index (χ3n) is 7.96. The van der Waals surface area contributed by atoms with Gasteiger partial charge in [-0.1, -0.05) is 25.5 Å². The quantitative estimate of drug-likeness (QED) is 0.665. The second-order valence-electron chi connectivity index (χ2n) is 8.97. The molecule has 0 unspecified atom stereocenters. The molecule has 0 heterocycles. The van der Waals surface area contributed by atoms with Crippen molar-refractivity contribution >= 4 is 5.78 Å². The highest BCUT2D eigenvalue weighted by molar-refractivity contribution is 5.82. The molecule has 0 radical (unpaired) electrons. The van der Waals surface area contributed by atoms with E-state index in [4.69, 9.17) is 4.74 Å². The van der Waals surface area contributed by atoms with Gasteiger partial charge in [0.15, 0.2) is 0 Å². The summed E-state index contributed by atoms with van der Waals surface area (Å²) in [4.78, 5) is 12.1. The Balaban J connectivity index is 1.65. The van der Waals surface area contributed by atoms with Crippen LogP contribution >= 0.6 is 0 Å². The molecule has 6 atom stereocenters. The highest BCUT2D eigenvalue weighted by Crippen LogP contribution is 2.64. The van der Waals surface area contributed by atoms with Crippen molar-refractivity contribution in [1.82, 2.24) is 0 Å². The van der Waals surface area contributed by atoms with E-state index < -0.39 is 0 Å². The topological polar surface area (TPSA) is 26.3 Å². The number of fused-ring (bicyclic) bond motifs is 5. The van der Waals surface area contributed by atoms with Crippen LogP contribution in [-0.4, -0.2) is 19.0 Å². The summed E-state index contributed by atoms with van der Waals surface area (Å²) in [5, 5.41) is 0. The van der Waals surface area contributed by atoms with Gasteiger partial charge in [-0.05, 0) is 67.1 Å². The van der Waals surface area contributed by atoms with E-state index in [9.17, 15) is 4.79 Å². The number of rotatable bonds is 1. The SMILES string of the molecule is CO[C@H]1CC[C@@]2(C)C(=CC[C@H]3[C@@H]4CC(=O)C[C@@]4(C)CC[C@@H]32)C1. The van der Waals surface area contributed by atoms with E-state index in [2.05, 4.69) is 19.9 Å². The molecule has 2 nitrogen and oxygen atoms in total. The summed E-state index contributed by atoms with van der Waals surface area (Å²) < 4.78 is 5.64. The molecule has 0 bridgehead atoms. The molecule has 0 aromatic rings. The number of carbonyl (C=O) groups excluding carboxylic acids is 1. The summed E-state index contributed by atoms with van der Waals surface area (Å²) in [6, 6.07) is 0. The summed E-state index contributed by atoms with van der Waals surface area (Å²) in [7, 11) is 1.86. The summed E-state index contributed by atoms with van der Waals surface area (Å²) >= 11 is 0. The summed E-state index contributed by atoms with van der Waals surface area (Å²) in [5.74, 6) is 2.72. The minimum absolute atomic E-state index is 0.309. The fourth-order valence-electron chi connectivity index (χ4n) is 6.61. The van der Waals surface area contributed by atoms with Crippen molar-refractivity contribution in [3.63, 3.8) is 0 Å². The van der Waals surface area contributed by atoms with Gasteiger partial charge in [-0.3, -0.25) is 4.79 Å². The van der Waals surface area contributed by atoms with E-state index in [0.29, 0.717) is 28.6 Å². The number of hydrogen-bond acceptors (Lipinski definition) is 2. The zero-order valence-corrected chi connectivity index (χ0v) is 14.4. The van der Waals surface area contributed by atoms with Gasteiger partial charge in [-0.25, -0.2) is 0 Å². The van der Waals surface area contributed by atoms with Crippen molar-refractivity contribution in [2.75, 3.05) is 7.11 Å². The van der Waals surface area contributed by atoms with Crippen LogP contribution in [0.5, 0.6) is 0 Å². The van der Waals surface area contributed by atoms with E-state index in [-0.39, 0.29) is 0 Å². The minimum Gasteiger partial charge on any atom is -0.381 e. The normalized spacial score (nSPS) is 50.9. The third kappa shape index (κ3) is 1.99. The number of carbonyl (C=O) groups is 1. The molecule has 0 saturated heterocycles. The van der Waals surface area contributed by atoms with E-state index in [1.54, 1.807) is 5.57 Å². The lowest BCUT2D eigenvalue weighted by atomic mass is 9.48. The van der Waals surface area contributed by atoms with Gasteiger partial charge in [0.25, 0.3) is 0 Å². The molecule has 3 fully saturated rings. The first-order valence-corrected chi connectivity index (χ1v) is 9.20. The van der Waals surface area contributed by atoms with Crippen LogP contribution in [0.4, 0.5) is 0 Å². The highest BCUT2D eigenvalue weighted by atomic mass is 16.5. The van der Waals surface area contributed by atoms with Crippen LogP contribution in [-0.2, 0) is 9.53 Å². The number of Topliss-reactive ketones (excluding diaryl/α,β-unsaturated/α-hetero) is 1. The van der Waals surface area contributed by atoms with Gasteiger partial charge < -0.3 is 4.74 Å². The average Bonchev–Trinajstić information content (AvgIpc) is 2.80. The zero-order chi connectivity index (χ0) is 15.5. The van der Waals surface area contributed by atoms with Crippen molar-refractivity contribution in [2.45, 2.75) is 71.3 Å². The smallest absolute Gasteiger partial charge is 0.133 e. The lowest BCUT2D eigenvalue weighted by Crippen LogP contribution is -2.49. The van der Waals surface area contributed by atoms with Gasteiger partial charge >= 0.3 is 0 Å². The van der Waals surface area contributed by atoms with Crippen LogP contribution in [0.2, 0.25) is 0 Å². The van der Waals surface area contributed by atoms with E-state index >= 15 is 0 Å². The average molecular weight is 302 g/mol. The molecule has 3 saturated carbocycles. The van der Waals surface area contributed by atoms with Gasteiger partial charge in [-0.2, -0.15) is 0 Å². The van der Waals surface area contributed by atoms with Gasteiger partial charge in [0.2, 0.25) is 0 Å². The second-order valence-corrected chi connectivity index (χ2v) is 8.97. The molecular formula is C20H30O2. The number of ketones is 1. The Labute approximate surface area is 134 Å². The maximum absolute atomic E-state index is 12.1. The Morgan fingerprint density at radius 2 is 1.95 bits per heavy atom. The summed E-state index contributed by atoms with van der Waals surface area (Å²) in [5.41, 5.74) is 2.36. The Morgan fingerprint density at radius 1 is 1.14 bits per heavy atom. The largest absolute Gasteiger partial charge is 0.381 e. The first-order chi connectivity index (χ1) is 10.5. The third-order valence-corrected chi connectivity index (χ3v) is 7.96. The van der Waals surface area contributed by atoms with Crippen LogP contribution in [0, 0.1) is 28.6 Å². The number of ether oxygens (including phenoxy) is 1. The molecule has 0 aliphatic heterocycles. The Bertz CT molecular complexity index is 522. The Morgan fingerprint density at radius 3 is 2.73 bits per heavy atom. The first kappa shape index (κ1) is 14.9. The molecule has 4 aliphatic carbocycles. The molecule has 0 amide bonds. The summed E-state index contributed by atoms with van der Waals surface area (Å²) in [6.07, 6.45) is 12.1.